The molecule has 0 spiro atoms. The first-order valence-electron chi connectivity index (χ1n) is 11.2. The topological polar surface area (TPSA) is 49.8 Å². The predicted molar refractivity (Wildman–Crippen MR) is 143 cm³/mol. The molecular weight excluding hydrogens is 416 g/mol. The van der Waals surface area contributed by atoms with Crippen LogP contribution >= 0.6 is 0 Å². The van der Waals surface area contributed by atoms with Crippen molar-refractivity contribution < 1.29 is 0 Å². The first-order valence-corrected chi connectivity index (χ1v) is 11.2. The Kier molecular flexibility index (Phi) is 6.40. The summed E-state index contributed by atoms with van der Waals surface area (Å²) >= 11 is 0. The Morgan fingerprint density at radius 1 is 0.294 bits per heavy atom. The molecule has 2 N–H and O–H groups in total. The minimum atomic E-state index is 0.950. The zero-order chi connectivity index (χ0) is 23.0. The third-order valence-corrected chi connectivity index (χ3v) is 5.26. The lowest BCUT2D eigenvalue weighted by Crippen LogP contribution is -1.92. The van der Waals surface area contributed by atoms with E-state index in [4.69, 9.17) is 0 Å². The smallest absolute Gasteiger partial charge is 0.0894 e. The molecule has 6 rings (SSSR count). The number of benzene rings is 5. The molecule has 0 unspecified atom stereocenters. The Morgan fingerprint density at radius 2 is 0.559 bits per heavy atom. The molecular formula is C30H24N4. The van der Waals surface area contributed by atoms with E-state index in [1.165, 1.54) is 0 Å². The zero-order valence-electron chi connectivity index (χ0n) is 18.6. The minimum absolute atomic E-state index is 0.950. The van der Waals surface area contributed by atoms with Gasteiger partial charge >= 0.3 is 0 Å². The molecule has 4 heteroatoms. The van der Waals surface area contributed by atoms with Gasteiger partial charge in [-0.25, -0.2) is 9.97 Å². The van der Waals surface area contributed by atoms with E-state index in [0.29, 0.717) is 0 Å². The summed E-state index contributed by atoms with van der Waals surface area (Å²) in [6.07, 6.45) is 0. The van der Waals surface area contributed by atoms with E-state index >= 15 is 0 Å². The molecule has 34 heavy (non-hydrogen) atoms. The largest absolute Gasteiger partial charge is 0.356 e. The summed E-state index contributed by atoms with van der Waals surface area (Å²) < 4.78 is 0. The first-order chi connectivity index (χ1) is 16.8. The van der Waals surface area contributed by atoms with Crippen LogP contribution in [0.1, 0.15) is 0 Å². The van der Waals surface area contributed by atoms with E-state index in [1.54, 1.807) is 0 Å². The number of fused-ring (bicyclic) bond motifs is 2. The van der Waals surface area contributed by atoms with Crippen molar-refractivity contribution in [1.29, 1.82) is 0 Å². The van der Waals surface area contributed by atoms with Gasteiger partial charge in [0.1, 0.15) is 0 Å². The van der Waals surface area contributed by atoms with Crippen LogP contribution in [0.5, 0.6) is 0 Å². The molecule has 0 aliphatic heterocycles. The van der Waals surface area contributed by atoms with Crippen LogP contribution < -0.4 is 10.6 Å². The molecule has 0 aliphatic rings. The molecule has 0 amide bonds. The lowest BCUT2D eigenvalue weighted by Gasteiger charge is -2.09. The Hall–Kier alpha value is -4.70. The Morgan fingerprint density at radius 3 is 0.882 bits per heavy atom. The molecule has 4 nitrogen and oxygen atoms in total. The van der Waals surface area contributed by atoms with E-state index in [0.717, 1.165) is 44.8 Å². The van der Waals surface area contributed by atoms with Crippen molar-refractivity contribution in [2.24, 2.45) is 0 Å². The number of rotatable bonds is 4. The van der Waals surface area contributed by atoms with E-state index in [-0.39, 0.29) is 0 Å². The van der Waals surface area contributed by atoms with Gasteiger partial charge in [0, 0.05) is 22.7 Å². The number of hydrogen-bond acceptors (Lipinski definition) is 4. The standard InChI is InChI=1S/C18H16N2.C12H8N2/c1-3-7-15(8-4-1)19-17-11-13-18(14-12-17)20-16-9-5-2-6-10-16;1-2-6-10-9(5-1)13-11-7-3-4-8-12(11)14-10/h1-14,19-20H;1-8H. The highest BCUT2D eigenvalue weighted by Crippen LogP contribution is 2.21. The summed E-state index contributed by atoms with van der Waals surface area (Å²) in [4.78, 5) is 9.03. The molecule has 6 aromatic rings. The fraction of sp³-hybridized carbons (Fsp3) is 0. The maximum Gasteiger partial charge on any atom is 0.0894 e. The second-order valence-electron chi connectivity index (χ2n) is 7.76. The molecule has 0 fully saturated rings. The number of nitrogens with zero attached hydrogens (tertiary/aromatic N) is 2. The maximum atomic E-state index is 4.52. The molecule has 1 aromatic heterocycles. The second-order valence-corrected chi connectivity index (χ2v) is 7.76. The van der Waals surface area contributed by atoms with Gasteiger partial charge in [0.05, 0.1) is 22.1 Å². The van der Waals surface area contributed by atoms with Crippen molar-refractivity contribution in [2.75, 3.05) is 10.6 Å². The third kappa shape index (κ3) is 5.37. The van der Waals surface area contributed by atoms with Gasteiger partial charge in [0.25, 0.3) is 0 Å². The van der Waals surface area contributed by atoms with Gasteiger partial charge in [-0.05, 0) is 72.8 Å². The third-order valence-electron chi connectivity index (χ3n) is 5.26. The summed E-state index contributed by atoms with van der Waals surface area (Å²) in [5.74, 6) is 0. The minimum Gasteiger partial charge on any atom is -0.356 e. The van der Waals surface area contributed by atoms with Crippen LogP contribution in [0.3, 0.4) is 0 Å². The predicted octanol–water partition coefficient (Wildman–Crippen LogP) is 7.96. The molecule has 0 atom stereocenters. The Bertz CT molecular complexity index is 1320. The van der Waals surface area contributed by atoms with E-state index < -0.39 is 0 Å². The van der Waals surface area contributed by atoms with Crippen molar-refractivity contribution in [1.82, 2.24) is 9.97 Å². The number of aromatic nitrogens is 2. The van der Waals surface area contributed by atoms with Crippen LogP contribution in [-0.2, 0) is 0 Å². The van der Waals surface area contributed by atoms with Crippen molar-refractivity contribution in [2.45, 2.75) is 0 Å². The molecule has 164 valence electrons. The SMILES string of the molecule is c1ccc(Nc2ccc(Nc3ccccc3)cc2)cc1.c1ccc2nc3ccccc3nc2c1. The van der Waals surface area contributed by atoms with E-state index in [1.807, 2.05) is 84.9 Å². The fourth-order valence-electron chi connectivity index (χ4n) is 3.58. The lowest BCUT2D eigenvalue weighted by molar-refractivity contribution is 1.39. The van der Waals surface area contributed by atoms with Gasteiger partial charge < -0.3 is 10.6 Å². The zero-order valence-corrected chi connectivity index (χ0v) is 18.6. The van der Waals surface area contributed by atoms with Gasteiger partial charge in [0.2, 0.25) is 0 Å². The van der Waals surface area contributed by atoms with Gasteiger partial charge in [-0.2, -0.15) is 0 Å². The van der Waals surface area contributed by atoms with Crippen LogP contribution in [0.4, 0.5) is 22.7 Å². The van der Waals surface area contributed by atoms with Crippen LogP contribution in [0, 0.1) is 0 Å². The number of nitrogens with one attached hydrogen (secondary N) is 2. The summed E-state index contributed by atoms with van der Waals surface area (Å²) in [7, 11) is 0. The first kappa shape index (κ1) is 21.2. The average molecular weight is 441 g/mol. The molecule has 0 radical (unpaired) electrons. The molecule has 5 aromatic carbocycles. The quantitative estimate of drug-likeness (QED) is 0.273. The van der Waals surface area contributed by atoms with Crippen LogP contribution in [0.15, 0.2) is 133 Å². The Labute approximate surface area is 199 Å². The lowest BCUT2D eigenvalue weighted by atomic mass is 10.2. The number of anilines is 4. The molecule has 0 saturated carbocycles. The summed E-state index contributed by atoms with van der Waals surface area (Å²) in [5, 5.41) is 6.73. The molecule has 0 saturated heterocycles. The normalized spacial score (nSPS) is 10.4. The Balaban J connectivity index is 0.000000150. The van der Waals surface area contributed by atoms with Crippen LogP contribution in [-0.4, -0.2) is 9.97 Å². The van der Waals surface area contributed by atoms with E-state index in [9.17, 15) is 0 Å². The van der Waals surface area contributed by atoms with Crippen LogP contribution in [0.2, 0.25) is 0 Å². The summed E-state index contributed by atoms with van der Waals surface area (Å²) in [6.45, 7) is 0. The van der Waals surface area contributed by atoms with Crippen molar-refractivity contribution in [3.8, 4) is 0 Å². The molecule has 0 bridgehead atoms. The van der Waals surface area contributed by atoms with Gasteiger partial charge in [-0.15, -0.1) is 0 Å². The second kappa shape index (κ2) is 10.3. The highest BCUT2D eigenvalue weighted by atomic mass is 14.9. The fourth-order valence-corrected chi connectivity index (χ4v) is 3.58. The van der Waals surface area contributed by atoms with Crippen molar-refractivity contribution >= 4 is 44.8 Å². The van der Waals surface area contributed by atoms with E-state index in [2.05, 4.69) is 69.1 Å². The molecule has 1 heterocycles. The number of hydrogen-bond donors (Lipinski definition) is 2. The van der Waals surface area contributed by atoms with Crippen molar-refractivity contribution in [3.63, 3.8) is 0 Å². The van der Waals surface area contributed by atoms with Gasteiger partial charge in [-0.1, -0.05) is 60.7 Å². The monoisotopic (exact) mass is 440 g/mol. The van der Waals surface area contributed by atoms with Gasteiger partial charge in [0.15, 0.2) is 0 Å². The summed E-state index contributed by atoms with van der Waals surface area (Å²) in [6, 6.07) is 44.4. The van der Waals surface area contributed by atoms with Gasteiger partial charge in [-0.3, -0.25) is 0 Å². The number of para-hydroxylation sites is 6. The molecule has 0 aliphatic carbocycles. The average Bonchev–Trinajstić information content (AvgIpc) is 2.90. The highest BCUT2D eigenvalue weighted by molar-refractivity contribution is 5.85. The van der Waals surface area contributed by atoms with Crippen LogP contribution in [0.25, 0.3) is 22.1 Å². The van der Waals surface area contributed by atoms with Crippen molar-refractivity contribution in [3.05, 3.63) is 133 Å². The maximum absolute atomic E-state index is 4.52. The summed E-state index contributed by atoms with van der Waals surface area (Å²) in [5.41, 5.74) is 8.15. The highest BCUT2D eigenvalue weighted by Gasteiger charge is 1.98.